The first kappa shape index (κ1) is 13.5. The number of morpholine rings is 1. The Kier molecular flexibility index (Phi) is 3.91. The van der Waals surface area contributed by atoms with Gasteiger partial charge in [0.2, 0.25) is 0 Å². The van der Waals surface area contributed by atoms with Gasteiger partial charge in [0, 0.05) is 12.6 Å². The van der Waals surface area contributed by atoms with Gasteiger partial charge in [0.05, 0.1) is 15.9 Å². The van der Waals surface area contributed by atoms with Gasteiger partial charge < -0.3 is 9.72 Å². The van der Waals surface area contributed by atoms with Gasteiger partial charge in [-0.15, -0.1) is 0 Å². The molecule has 1 aromatic rings. The summed E-state index contributed by atoms with van der Waals surface area (Å²) in [5, 5.41) is 0. The summed E-state index contributed by atoms with van der Waals surface area (Å²) < 4.78 is 6.59. The topological polar surface area (TPSA) is 58.2 Å². The van der Waals surface area contributed by atoms with Crippen LogP contribution in [0.15, 0.2) is 4.79 Å². The highest BCUT2D eigenvalue weighted by Gasteiger charge is 2.34. The quantitative estimate of drug-likeness (QED) is 0.796. The number of ether oxygens (including phenoxy) is 1. The van der Waals surface area contributed by atoms with Crippen molar-refractivity contribution in [3.05, 3.63) is 25.4 Å². The zero-order chi connectivity index (χ0) is 13.4. The van der Waals surface area contributed by atoms with Crippen molar-refractivity contribution in [3.8, 4) is 0 Å². The average molecular weight is 375 g/mol. The van der Waals surface area contributed by atoms with Crippen molar-refractivity contribution < 1.29 is 4.74 Å². The van der Waals surface area contributed by atoms with Crippen LogP contribution in [0, 0.1) is 3.57 Å². The second-order valence-corrected chi connectivity index (χ2v) is 6.26. The van der Waals surface area contributed by atoms with Crippen LogP contribution >= 0.6 is 22.6 Å². The lowest BCUT2D eigenvalue weighted by atomic mass is 10.2. The molecule has 2 unspecified atom stereocenters. The SMILES string of the molecule is CCc1nc(C2CN3CCCC3CO2)[nH]c(=O)c1I. The first-order valence-corrected chi connectivity index (χ1v) is 7.91. The monoisotopic (exact) mass is 375 g/mol. The van der Waals surface area contributed by atoms with Crippen LogP contribution in [0.5, 0.6) is 0 Å². The highest BCUT2D eigenvalue weighted by Crippen LogP contribution is 2.28. The zero-order valence-corrected chi connectivity index (χ0v) is 13.1. The van der Waals surface area contributed by atoms with Gasteiger partial charge in [-0.3, -0.25) is 9.69 Å². The third kappa shape index (κ3) is 2.57. The first-order valence-electron chi connectivity index (χ1n) is 6.83. The number of aromatic amines is 1. The number of aromatic nitrogens is 2. The highest BCUT2D eigenvalue weighted by atomic mass is 127. The van der Waals surface area contributed by atoms with E-state index in [0.717, 1.165) is 31.8 Å². The van der Waals surface area contributed by atoms with Gasteiger partial charge in [0.1, 0.15) is 11.9 Å². The van der Waals surface area contributed by atoms with Crippen molar-refractivity contribution in [1.29, 1.82) is 0 Å². The lowest BCUT2D eigenvalue weighted by molar-refractivity contribution is -0.0543. The molecule has 2 fully saturated rings. The molecule has 104 valence electrons. The maximum atomic E-state index is 11.9. The van der Waals surface area contributed by atoms with Crippen LogP contribution in [0.4, 0.5) is 0 Å². The highest BCUT2D eigenvalue weighted by molar-refractivity contribution is 14.1. The third-order valence-electron chi connectivity index (χ3n) is 3.98. The Balaban J connectivity index is 1.86. The second-order valence-electron chi connectivity index (χ2n) is 5.18. The largest absolute Gasteiger partial charge is 0.367 e. The number of aryl methyl sites for hydroxylation is 1. The van der Waals surface area contributed by atoms with E-state index >= 15 is 0 Å². The number of hydrogen-bond acceptors (Lipinski definition) is 4. The van der Waals surface area contributed by atoms with Crippen LogP contribution in [0.2, 0.25) is 0 Å². The molecule has 2 aliphatic rings. The molecule has 2 saturated heterocycles. The fourth-order valence-corrected chi connectivity index (χ4v) is 3.53. The van der Waals surface area contributed by atoms with Crippen LogP contribution in [-0.2, 0) is 11.2 Å². The molecule has 1 aromatic heterocycles. The van der Waals surface area contributed by atoms with Crippen LogP contribution < -0.4 is 5.56 Å². The molecule has 0 spiro atoms. The van der Waals surface area contributed by atoms with E-state index in [2.05, 4.69) is 37.5 Å². The Labute approximate surface area is 125 Å². The summed E-state index contributed by atoms with van der Waals surface area (Å²) in [6, 6.07) is 0.567. The lowest BCUT2D eigenvalue weighted by Crippen LogP contribution is -2.43. The maximum Gasteiger partial charge on any atom is 0.264 e. The van der Waals surface area contributed by atoms with Gasteiger partial charge >= 0.3 is 0 Å². The summed E-state index contributed by atoms with van der Waals surface area (Å²) in [6.07, 6.45) is 3.15. The van der Waals surface area contributed by atoms with Crippen molar-refractivity contribution in [1.82, 2.24) is 14.9 Å². The van der Waals surface area contributed by atoms with E-state index in [4.69, 9.17) is 4.74 Å². The maximum absolute atomic E-state index is 11.9. The number of H-pyrrole nitrogens is 1. The number of nitrogens with one attached hydrogen (secondary N) is 1. The zero-order valence-electron chi connectivity index (χ0n) is 11.0. The number of fused-ring (bicyclic) bond motifs is 1. The molecular formula is C13H18IN3O2. The van der Waals surface area contributed by atoms with Gasteiger partial charge in [0.25, 0.3) is 5.56 Å². The predicted octanol–water partition coefficient (Wildman–Crippen LogP) is 1.47. The summed E-state index contributed by atoms with van der Waals surface area (Å²) in [4.78, 5) is 21.8. The second kappa shape index (κ2) is 5.49. The van der Waals surface area contributed by atoms with Crippen LogP contribution in [0.3, 0.4) is 0 Å². The standard InChI is InChI=1S/C13H18IN3O2/c1-2-9-11(14)13(18)16-12(15-9)10-6-17-5-3-4-8(17)7-19-10/h8,10H,2-7H2,1H3,(H,15,16,18). The number of rotatable bonds is 2. The molecule has 3 heterocycles. The smallest absolute Gasteiger partial charge is 0.264 e. The normalized spacial score (nSPS) is 27.5. The van der Waals surface area contributed by atoms with Gasteiger partial charge in [-0.2, -0.15) is 0 Å². The van der Waals surface area contributed by atoms with Crippen molar-refractivity contribution in [3.63, 3.8) is 0 Å². The van der Waals surface area contributed by atoms with E-state index in [1.807, 2.05) is 6.92 Å². The molecule has 0 bridgehead atoms. The summed E-state index contributed by atoms with van der Waals surface area (Å²) in [6.45, 7) is 4.75. The molecule has 0 aromatic carbocycles. The number of nitrogens with zero attached hydrogens (tertiary/aromatic N) is 2. The molecule has 1 N–H and O–H groups in total. The van der Waals surface area contributed by atoms with E-state index < -0.39 is 0 Å². The van der Waals surface area contributed by atoms with E-state index in [-0.39, 0.29) is 11.7 Å². The van der Waals surface area contributed by atoms with Crippen molar-refractivity contribution in [2.75, 3.05) is 19.7 Å². The van der Waals surface area contributed by atoms with Gasteiger partial charge in [-0.1, -0.05) is 6.92 Å². The van der Waals surface area contributed by atoms with Crippen LogP contribution in [-0.4, -0.2) is 40.6 Å². The molecule has 2 atom stereocenters. The Morgan fingerprint density at radius 2 is 2.42 bits per heavy atom. The minimum absolute atomic E-state index is 0.0467. The fourth-order valence-electron chi connectivity index (χ4n) is 2.89. The Bertz CT molecular complexity index is 531. The van der Waals surface area contributed by atoms with Gasteiger partial charge in [-0.25, -0.2) is 4.98 Å². The molecular weight excluding hydrogens is 357 g/mol. The molecule has 0 saturated carbocycles. The fraction of sp³-hybridized carbons (Fsp3) is 0.692. The predicted molar refractivity (Wildman–Crippen MR) is 80.2 cm³/mol. The number of halogens is 1. The molecule has 0 aliphatic carbocycles. The minimum Gasteiger partial charge on any atom is -0.367 e. The van der Waals surface area contributed by atoms with Crippen molar-refractivity contribution in [2.45, 2.75) is 38.3 Å². The van der Waals surface area contributed by atoms with Crippen molar-refractivity contribution in [2.24, 2.45) is 0 Å². The van der Waals surface area contributed by atoms with Crippen LogP contribution in [0.25, 0.3) is 0 Å². The van der Waals surface area contributed by atoms with Gasteiger partial charge in [0.15, 0.2) is 0 Å². The Morgan fingerprint density at radius 1 is 1.58 bits per heavy atom. The summed E-state index contributed by atoms with van der Waals surface area (Å²) in [5.41, 5.74) is 0.820. The van der Waals surface area contributed by atoms with Gasteiger partial charge in [-0.05, 0) is 48.4 Å². The molecule has 0 radical (unpaired) electrons. The summed E-state index contributed by atoms with van der Waals surface area (Å²) in [5.74, 6) is 0.688. The summed E-state index contributed by atoms with van der Waals surface area (Å²) >= 11 is 2.06. The third-order valence-corrected chi connectivity index (χ3v) is 5.09. The summed E-state index contributed by atoms with van der Waals surface area (Å²) in [7, 11) is 0. The molecule has 2 aliphatic heterocycles. The Morgan fingerprint density at radius 3 is 3.21 bits per heavy atom. The van der Waals surface area contributed by atoms with Crippen molar-refractivity contribution >= 4 is 22.6 Å². The molecule has 19 heavy (non-hydrogen) atoms. The van der Waals surface area contributed by atoms with E-state index in [1.54, 1.807) is 0 Å². The lowest BCUT2D eigenvalue weighted by Gasteiger charge is -2.34. The van der Waals surface area contributed by atoms with E-state index in [0.29, 0.717) is 15.4 Å². The minimum atomic E-state index is -0.0932. The molecule has 0 amide bonds. The van der Waals surface area contributed by atoms with E-state index in [1.165, 1.54) is 12.8 Å². The first-order chi connectivity index (χ1) is 9.19. The molecule has 5 nitrogen and oxygen atoms in total. The number of hydrogen-bond donors (Lipinski definition) is 1. The molecule has 6 heteroatoms. The average Bonchev–Trinajstić information content (AvgIpc) is 2.89. The molecule has 3 rings (SSSR count). The Hall–Kier alpha value is -0.470. The van der Waals surface area contributed by atoms with Crippen LogP contribution in [0.1, 0.15) is 37.4 Å². The van der Waals surface area contributed by atoms with E-state index in [9.17, 15) is 4.79 Å².